The van der Waals surface area contributed by atoms with Crippen LogP contribution in [0.2, 0.25) is 0 Å². The summed E-state index contributed by atoms with van der Waals surface area (Å²) in [5, 5.41) is 10.5. The zero-order valence-corrected chi connectivity index (χ0v) is 15.7. The molecule has 3 unspecified atom stereocenters. The summed E-state index contributed by atoms with van der Waals surface area (Å²) in [5.41, 5.74) is 3.96. The Balaban J connectivity index is 1.55. The molecule has 3 rings (SSSR count). The first-order valence-corrected chi connectivity index (χ1v) is 9.99. The summed E-state index contributed by atoms with van der Waals surface area (Å²) >= 11 is 0. The molecule has 0 amide bonds. The largest absolute Gasteiger partial charge is 0.469 e. The molecule has 1 N–H and O–H groups in total. The fraction of sp³-hybridized carbons (Fsp3) is 0.636. The Morgan fingerprint density at radius 3 is 2.73 bits per heavy atom. The number of rotatable bonds is 8. The highest BCUT2D eigenvalue weighted by atomic mass is 16.5. The van der Waals surface area contributed by atoms with Crippen molar-refractivity contribution in [2.45, 2.75) is 76.2 Å². The standard InChI is InChI=1S/C22H30O4/c1-26-21(25)10-5-3-2-4-9-18-19(23)14-20(24)22(18)17-12-11-15-7-6-8-16(15)13-17/h11-13,18,20,22,24H,2-10,14H2,1H3. The van der Waals surface area contributed by atoms with E-state index < -0.39 is 6.10 Å². The molecule has 142 valence electrons. The quantitative estimate of drug-likeness (QED) is 0.568. The van der Waals surface area contributed by atoms with Gasteiger partial charge in [-0.1, -0.05) is 37.5 Å². The van der Waals surface area contributed by atoms with Crippen molar-refractivity contribution in [3.63, 3.8) is 0 Å². The van der Waals surface area contributed by atoms with Gasteiger partial charge in [-0.2, -0.15) is 0 Å². The second-order valence-electron chi connectivity index (χ2n) is 7.78. The molecule has 3 atom stereocenters. The third kappa shape index (κ3) is 4.35. The second kappa shape index (κ2) is 8.81. The van der Waals surface area contributed by atoms with Gasteiger partial charge in [-0.15, -0.1) is 0 Å². The van der Waals surface area contributed by atoms with Crippen molar-refractivity contribution >= 4 is 11.8 Å². The summed E-state index contributed by atoms with van der Waals surface area (Å²) in [4.78, 5) is 23.5. The maximum absolute atomic E-state index is 12.4. The Labute approximate surface area is 155 Å². The number of ether oxygens (including phenoxy) is 1. The van der Waals surface area contributed by atoms with Crippen LogP contribution in [-0.4, -0.2) is 30.1 Å². The average Bonchev–Trinajstić information content (AvgIpc) is 3.20. The van der Waals surface area contributed by atoms with Gasteiger partial charge in [-0.3, -0.25) is 9.59 Å². The molecule has 0 spiro atoms. The van der Waals surface area contributed by atoms with Gasteiger partial charge in [0.05, 0.1) is 13.2 Å². The molecule has 4 nitrogen and oxygen atoms in total. The maximum atomic E-state index is 12.4. The molecule has 1 saturated carbocycles. The van der Waals surface area contributed by atoms with Gasteiger partial charge in [0.2, 0.25) is 0 Å². The van der Waals surface area contributed by atoms with Crippen molar-refractivity contribution in [2.24, 2.45) is 5.92 Å². The van der Waals surface area contributed by atoms with Crippen molar-refractivity contribution in [3.8, 4) is 0 Å². The van der Waals surface area contributed by atoms with Crippen molar-refractivity contribution in [1.29, 1.82) is 0 Å². The van der Waals surface area contributed by atoms with Crippen molar-refractivity contribution < 1.29 is 19.4 Å². The van der Waals surface area contributed by atoms with Gasteiger partial charge in [0.1, 0.15) is 5.78 Å². The summed E-state index contributed by atoms with van der Waals surface area (Å²) in [5.74, 6) is -0.0677. The van der Waals surface area contributed by atoms with E-state index in [1.54, 1.807) is 0 Å². The van der Waals surface area contributed by atoms with Crippen LogP contribution in [0.15, 0.2) is 18.2 Å². The first kappa shape index (κ1) is 19.1. The third-order valence-electron chi connectivity index (χ3n) is 6.05. The van der Waals surface area contributed by atoms with E-state index in [9.17, 15) is 14.7 Å². The Bertz CT molecular complexity index is 652. The molecule has 2 aliphatic rings. The monoisotopic (exact) mass is 358 g/mol. The number of carbonyl (C=O) groups excluding carboxylic acids is 2. The molecule has 0 aliphatic heterocycles. The topological polar surface area (TPSA) is 63.6 Å². The van der Waals surface area contributed by atoms with Crippen molar-refractivity contribution in [1.82, 2.24) is 0 Å². The minimum absolute atomic E-state index is 0.0523. The van der Waals surface area contributed by atoms with Crippen LogP contribution in [0.1, 0.15) is 74.0 Å². The number of benzene rings is 1. The molecule has 0 heterocycles. The van der Waals surface area contributed by atoms with E-state index in [4.69, 9.17) is 0 Å². The van der Waals surface area contributed by atoms with Crippen molar-refractivity contribution in [2.75, 3.05) is 7.11 Å². The highest BCUT2D eigenvalue weighted by molar-refractivity contribution is 5.85. The van der Waals surface area contributed by atoms with E-state index >= 15 is 0 Å². The van der Waals surface area contributed by atoms with Crippen LogP contribution >= 0.6 is 0 Å². The Morgan fingerprint density at radius 2 is 1.92 bits per heavy atom. The van der Waals surface area contributed by atoms with Crippen molar-refractivity contribution in [3.05, 3.63) is 34.9 Å². The van der Waals surface area contributed by atoms with Gasteiger partial charge in [-0.05, 0) is 48.8 Å². The van der Waals surface area contributed by atoms with Crippen LogP contribution in [0.4, 0.5) is 0 Å². The minimum Gasteiger partial charge on any atom is -0.469 e. The van der Waals surface area contributed by atoms with Gasteiger partial charge in [0, 0.05) is 24.7 Å². The summed E-state index contributed by atoms with van der Waals surface area (Å²) in [7, 11) is 1.42. The number of hydrogen-bond acceptors (Lipinski definition) is 4. The van der Waals surface area contributed by atoms with E-state index in [1.807, 2.05) is 0 Å². The van der Waals surface area contributed by atoms with Crippen LogP contribution in [0, 0.1) is 5.92 Å². The highest BCUT2D eigenvalue weighted by Gasteiger charge is 2.42. The van der Waals surface area contributed by atoms with E-state index in [2.05, 4.69) is 22.9 Å². The first-order valence-electron chi connectivity index (χ1n) is 9.99. The average molecular weight is 358 g/mol. The molecule has 1 aromatic carbocycles. The predicted octanol–water partition coefficient (Wildman–Crippen LogP) is 3.72. The molecule has 0 saturated heterocycles. The molecule has 0 bridgehead atoms. The molecule has 2 aliphatic carbocycles. The van der Waals surface area contributed by atoms with Gasteiger partial charge >= 0.3 is 5.97 Å². The number of Topliss-reactive ketones (excluding diaryl/α,β-unsaturated/α-hetero) is 1. The fourth-order valence-electron chi connectivity index (χ4n) is 4.64. The Morgan fingerprint density at radius 1 is 1.15 bits per heavy atom. The molecular weight excluding hydrogens is 328 g/mol. The molecule has 0 aromatic heterocycles. The van der Waals surface area contributed by atoms with Crippen LogP contribution in [0.3, 0.4) is 0 Å². The normalized spacial score (nSPS) is 24.7. The lowest BCUT2D eigenvalue weighted by Crippen LogP contribution is -2.19. The molecule has 26 heavy (non-hydrogen) atoms. The van der Waals surface area contributed by atoms with Crippen LogP contribution in [0.25, 0.3) is 0 Å². The molecule has 0 radical (unpaired) electrons. The van der Waals surface area contributed by atoms with Gasteiger partial charge in [0.25, 0.3) is 0 Å². The number of unbranched alkanes of at least 4 members (excludes halogenated alkanes) is 3. The van der Waals surface area contributed by atoms with Gasteiger partial charge < -0.3 is 9.84 Å². The number of methoxy groups -OCH3 is 1. The number of esters is 1. The summed E-state index contributed by atoms with van der Waals surface area (Å²) in [6, 6.07) is 6.55. The number of fused-ring (bicyclic) bond motifs is 1. The number of hydrogen-bond donors (Lipinski definition) is 1. The number of ketones is 1. The molecule has 1 aromatic rings. The zero-order chi connectivity index (χ0) is 18.5. The zero-order valence-electron chi connectivity index (χ0n) is 15.7. The maximum Gasteiger partial charge on any atom is 0.305 e. The summed E-state index contributed by atoms with van der Waals surface area (Å²) in [6.45, 7) is 0. The lowest BCUT2D eigenvalue weighted by Gasteiger charge is -2.22. The molecule has 4 heteroatoms. The number of aryl methyl sites for hydroxylation is 2. The molecular formula is C22H30O4. The lowest BCUT2D eigenvalue weighted by atomic mass is 9.83. The Hall–Kier alpha value is -1.68. The number of aliphatic hydroxyl groups excluding tert-OH is 1. The minimum atomic E-state index is -0.550. The number of carbonyl (C=O) groups is 2. The smallest absolute Gasteiger partial charge is 0.305 e. The van der Waals surface area contributed by atoms with Crippen LogP contribution in [0.5, 0.6) is 0 Å². The van der Waals surface area contributed by atoms with E-state index in [0.717, 1.165) is 50.5 Å². The SMILES string of the molecule is COC(=O)CCCCCCC1C(=O)CC(O)C1c1ccc2c(c1)CCC2. The second-order valence-corrected chi connectivity index (χ2v) is 7.78. The highest BCUT2D eigenvalue weighted by Crippen LogP contribution is 2.41. The number of aliphatic hydroxyl groups is 1. The van der Waals surface area contributed by atoms with E-state index in [-0.39, 0.29) is 30.0 Å². The van der Waals surface area contributed by atoms with E-state index in [1.165, 1.54) is 24.7 Å². The van der Waals surface area contributed by atoms with Crippen LogP contribution in [-0.2, 0) is 27.2 Å². The lowest BCUT2D eigenvalue weighted by molar-refractivity contribution is -0.140. The summed E-state index contributed by atoms with van der Waals surface area (Å²) < 4.78 is 4.65. The van der Waals surface area contributed by atoms with Crippen LogP contribution < -0.4 is 0 Å². The van der Waals surface area contributed by atoms with E-state index in [0.29, 0.717) is 6.42 Å². The summed E-state index contributed by atoms with van der Waals surface area (Å²) in [6.07, 6.45) is 8.29. The fourth-order valence-corrected chi connectivity index (χ4v) is 4.64. The Kier molecular flexibility index (Phi) is 6.47. The van der Waals surface area contributed by atoms with Gasteiger partial charge in [0.15, 0.2) is 0 Å². The third-order valence-corrected chi connectivity index (χ3v) is 6.05. The molecule has 1 fully saturated rings. The first-order chi connectivity index (χ1) is 12.6. The predicted molar refractivity (Wildman–Crippen MR) is 100 cm³/mol. The van der Waals surface area contributed by atoms with Gasteiger partial charge in [-0.25, -0.2) is 0 Å².